The molecule has 8 nitrogen and oxygen atoms in total. The predicted molar refractivity (Wildman–Crippen MR) is 62.5 cm³/mol. The van der Waals surface area contributed by atoms with Gasteiger partial charge in [-0.3, -0.25) is 10.1 Å². The van der Waals surface area contributed by atoms with Gasteiger partial charge in [0, 0.05) is 6.54 Å². The van der Waals surface area contributed by atoms with E-state index in [4.69, 9.17) is 10.5 Å². The predicted octanol–water partition coefficient (Wildman–Crippen LogP) is 0.643. The molecule has 1 aromatic carbocycles. The number of hydrogen-bond acceptors (Lipinski definition) is 6. The lowest BCUT2D eigenvalue weighted by Gasteiger charge is -2.04. The van der Waals surface area contributed by atoms with E-state index >= 15 is 0 Å². The Bertz CT molecular complexity index is 581. The normalized spacial score (nSPS) is 10.3. The summed E-state index contributed by atoms with van der Waals surface area (Å²) in [5, 5.41) is 18.6. The molecule has 0 spiro atoms. The molecular formula is C10H11N5O3. The summed E-state index contributed by atoms with van der Waals surface area (Å²) in [6.07, 6.45) is 1.55. The van der Waals surface area contributed by atoms with Crippen LogP contribution < -0.4 is 10.5 Å². The zero-order chi connectivity index (χ0) is 13.1. The Morgan fingerprint density at radius 2 is 2.33 bits per heavy atom. The first kappa shape index (κ1) is 12.0. The smallest absolute Gasteiger partial charge is 0.298 e. The van der Waals surface area contributed by atoms with Crippen molar-refractivity contribution in [2.24, 2.45) is 5.73 Å². The molecule has 1 aromatic heterocycles. The van der Waals surface area contributed by atoms with Crippen LogP contribution in [0.15, 0.2) is 24.4 Å². The lowest BCUT2D eigenvalue weighted by molar-refractivity contribution is -0.384. The summed E-state index contributed by atoms with van der Waals surface area (Å²) in [5.74, 6) is 0.407. The third-order valence-corrected chi connectivity index (χ3v) is 2.38. The van der Waals surface area contributed by atoms with Crippen LogP contribution >= 0.6 is 0 Å². The van der Waals surface area contributed by atoms with Crippen LogP contribution in [-0.2, 0) is 6.54 Å². The average molecular weight is 249 g/mol. The zero-order valence-electron chi connectivity index (χ0n) is 9.61. The van der Waals surface area contributed by atoms with Gasteiger partial charge in [0.25, 0.3) is 5.69 Å². The van der Waals surface area contributed by atoms with Crippen molar-refractivity contribution in [2.75, 3.05) is 7.11 Å². The van der Waals surface area contributed by atoms with Crippen LogP contribution in [0.25, 0.3) is 5.69 Å². The lowest BCUT2D eigenvalue weighted by atomic mass is 10.2. The maximum atomic E-state index is 11.0. The van der Waals surface area contributed by atoms with E-state index in [0.29, 0.717) is 17.1 Å². The summed E-state index contributed by atoms with van der Waals surface area (Å²) in [7, 11) is 1.45. The van der Waals surface area contributed by atoms with Gasteiger partial charge in [0.1, 0.15) is 11.4 Å². The molecule has 0 atom stereocenters. The van der Waals surface area contributed by atoms with E-state index in [1.165, 1.54) is 17.9 Å². The molecule has 0 aliphatic carbocycles. The highest BCUT2D eigenvalue weighted by Crippen LogP contribution is 2.27. The molecule has 2 aromatic rings. The number of nitro groups is 1. The number of hydrogen-bond donors (Lipinski definition) is 1. The number of ether oxygens (including phenoxy) is 1. The van der Waals surface area contributed by atoms with Crippen molar-refractivity contribution in [3.05, 3.63) is 40.2 Å². The van der Waals surface area contributed by atoms with E-state index in [-0.39, 0.29) is 12.2 Å². The van der Waals surface area contributed by atoms with E-state index < -0.39 is 4.92 Å². The van der Waals surface area contributed by atoms with Crippen LogP contribution in [0.2, 0.25) is 0 Å². The summed E-state index contributed by atoms with van der Waals surface area (Å²) in [4.78, 5) is 10.5. The first-order chi connectivity index (χ1) is 8.65. The molecule has 0 saturated carbocycles. The Kier molecular flexibility index (Phi) is 3.20. The van der Waals surface area contributed by atoms with Crippen molar-refractivity contribution in [1.82, 2.24) is 15.0 Å². The summed E-state index contributed by atoms with van der Waals surface area (Å²) in [5.41, 5.74) is 6.18. The van der Waals surface area contributed by atoms with Gasteiger partial charge >= 0.3 is 0 Å². The number of aromatic nitrogens is 3. The minimum absolute atomic E-state index is 0.108. The summed E-state index contributed by atoms with van der Waals surface area (Å²) in [6, 6.07) is 4.50. The molecule has 0 bridgehead atoms. The third kappa shape index (κ3) is 2.13. The van der Waals surface area contributed by atoms with Gasteiger partial charge < -0.3 is 10.5 Å². The molecule has 0 fully saturated rings. The highest BCUT2D eigenvalue weighted by Gasteiger charge is 2.17. The summed E-state index contributed by atoms with van der Waals surface area (Å²) in [6.45, 7) is 0.226. The topological polar surface area (TPSA) is 109 Å². The number of nitrogens with two attached hydrogens (primary N) is 1. The van der Waals surface area contributed by atoms with Gasteiger partial charge in [-0.25, -0.2) is 4.68 Å². The van der Waals surface area contributed by atoms with Crippen molar-refractivity contribution in [1.29, 1.82) is 0 Å². The van der Waals surface area contributed by atoms with Crippen LogP contribution in [0.4, 0.5) is 5.69 Å². The van der Waals surface area contributed by atoms with Crippen molar-refractivity contribution in [3.63, 3.8) is 0 Å². The summed E-state index contributed by atoms with van der Waals surface area (Å²) >= 11 is 0. The molecule has 0 aliphatic heterocycles. The highest BCUT2D eigenvalue weighted by molar-refractivity contribution is 5.55. The number of rotatable bonds is 4. The standard InChI is InChI=1S/C10H11N5O3/c1-18-8-2-3-9(10(4-8)15(16)17)14-6-7(5-11)12-13-14/h2-4,6H,5,11H2,1H3. The minimum Gasteiger partial charge on any atom is -0.496 e. The number of nitro benzene ring substituents is 1. The van der Waals surface area contributed by atoms with E-state index in [2.05, 4.69) is 10.3 Å². The molecule has 0 saturated heterocycles. The number of methoxy groups -OCH3 is 1. The molecule has 1 heterocycles. The van der Waals surface area contributed by atoms with E-state index in [0.717, 1.165) is 0 Å². The first-order valence-electron chi connectivity index (χ1n) is 5.10. The largest absolute Gasteiger partial charge is 0.496 e. The van der Waals surface area contributed by atoms with Crippen LogP contribution in [0, 0.1) is 10.1 Å². The maximum Gasteiger partial charge on any atom is 0.298 e. The molecule has 0 aliphatic rings. The van der Waals surface area contributed by atoms with Gasteiger partial charge in [-0.2, -0.15) is 0 Å². The fourth-order valence-corrected chi connectivity index (χ4v) is 1.48. The highest BCUT2D eigenvalue weighted by atomic mass is 16.6. The maximum absolute atomic E-state index is 11.0. The lowest BCUT2D eigenvalue weighted by Crippen LogP contribution is -2.01. The van der Waals surface area contributed by atoms with Gasteiger partial charge in [0.15, 0.2) is 0 Å². The van der Waals surface area contributed by atoms with E-state index in [9.17, 15) is 10.1 Å². The average Bonchev–Trinajstić information content (AvgIpc) is 2.86. The van der Waals surface area contributed by atoms with Crippen molar-refractivity contribution >= 4 is 5.69 Å². The zero-order valence-corrected chi connectivity index (χ0v) is 9.61. The van der Waals surface area contributed by atoms with Crippen molar-refractivity contribution < 1.29 is 9.66 Å². The van der Waals surface area contributed by atoms with Gasteiger partial charge in [-0.1, -0.05) is 5.21 Å². The van der Waals surface area contributed by atoms with Gasteiger partial charge in [-0.15, -0.1) is 5.10 Å². The van der Waals surface area contributed by atoms with Crippen LogP contribution in [-0.4, -0.2) is 27.0 Å². The second kappa shape index (κ2) is 4.80. The Morgan fingerprint density at radius 1 is 1.56 bits per heavy atom. The fraction of sp³-hybridized carbons (Fsp3) is 0.200. The first-order valence-corrected chi connectivity index (χ1v) is 5.10. The number of nitrogens with zero attached hydrogens (tertiary/aromatic N) is 4. The molecule has 94 valence electrons. The molecule has 18 heavy (non-hydrogen) atoms. The molecular weight excluding hydrogens is 238 g/mol. The second-order valence-corrected chi connectivity index (χ2v) is 3.47. The van der Waals surface area contributed by atoms with Gasteiger partial charge in [-0.05, 0) is 12.1 Å². The monoisotopic (exact) mass is 249 g/mol. The van der Waals surface area contributed by atoms with Gasteiger partial charge in [0.05, 0.1) is 30.0 Å². The number of benzene rings is 1. The summed E-state index contributed by atoms with van der Waals surface area (Å²) < 4.78 is 6.27. The molecule has 2 N–H and O–H groups in total. The Morgan fingerprint density at radius 3 is 2.89 bits per heavy atom. The van der Waals surface area contributed by atoms with Crippen molar-refractivity contribution in [3.8, 4) is 11.4 Å². The van der Waals surface area contributed by atoms with Gasteiger partial charge in [0.2, 0.25) is 0 Å². The van der Waals surface area contributed by atoms with E-state index in [1.54, 1.807) is 18.3 Å². The quantitative estimate of drug-likeness (QED) is 0.629. The third-order valence-electron chi connectivity index (χ3n) is 2.38. The molecule has 0 unspecified atom stereocenters. The Labute approximate surface area is 102 Å². The van der Waals surface area contributed by atoms with Crippen LogP contribution in [0.5, 0.6) is 5.75 Å². The van der Waals surface area contributed by atoms with Crippen LogP contribution in [0.3, 0.4) is 0 Å². The van der Waals surface area contributed by atoms with Crippen LogP contribution in [0.1, 0.15) is 5.69 Å². The van der Waals surface area contributed by atoms with E-state index in [1.807, 2.05) is 0 Å². The SMILES string of the molecule is COc1ccc(-n2cc(CN)nn2)c([N+](=O)[O-])c1. The fourth-order valence-electron chi connectivity index (χ4n) is 1.48. The Balaban J connectivity index is 2.52. The molecule has 2 rings (SSSR count). The molecule has 8 heteroatoms. The Hall–Kier alpha value is -2.48. The molecule has 0 radical (unpaired) electrons. The van der Waals surface area contributed by atoms with Crippen molar-refractivity contribution in [2.45, 2.75) is 6.54 Å². The minimum atomic E-state index is -0.498. The second-order valence-electron chi connectivity index (χ2n) is 3.47. The molecule has 0 amide bonds.